The van der Waals surface area contributed by atoms with Gasteiger partial charge >= 0.3 is 0 Å². The average Bonchev–Trinajstić information content (AvgIpc) is 3.16. The Labute approximate surface area is 145 Å². The van der Waals surface area contributed by atoms with Crippen LogP contribution in [0.15, 0.2) is 46.6 Å². The van der Waals surface area contributed by atoms with Crippen LogP contribution in [0.4, 0.5) is 0 Å². The van der Waals surface area contributed by atoms with Crippen molar-refractivity contribution in [2.45, 2.75) is 38.8 Å². The first-order valence-electron chi connectivity index (χ1n) is 8.45. The van der Waals surface area contributed by atoms with Crippen LogP contribution >= 0.6 is 11.3 Å². The lowest BCUT2D eigenvalue weighted by Gasteiger charge is -2.24. The topological polar surface area (TPSA) is 37.6 Å². The van der Waals surface area contributed by atoms with Crippen molar-refractivity contribution >= 4 is 16.3 Å². The van der Waals surface area contributed by atoms with Gasteiger partial charge in [0.25, 0.3) is 5.56 Å². The zero-order valence-electron chi connectivity index (χ0n) is 13.8. The Kier molecular flexibility index (Phi) is 4.21. The molecule has 0 bridgehead atoms. The van der Waals surface area contributed by atoms with Crippen LogP contribution in [-0.4, -0.2) is 26.9 Å². The molecule has 2 aromatic heterocycles. The van der Waals surface area contributed by atoms with E-state index in [0.717, 1.165) is 35.9 Å². The maximum Gasteiger partial charge on any atom is 0.259 e. The van der Waals surface area contributed by atoms with Gasteiger partial charge < -0.3 is 0 Å². The summed E-state index contributed by atoms with van der Waals surface area (Å²) in [5.41, 5.74) is 3.27. The number of aromatic nitrogens is 2. The van der Waals surface area contributed by atoms with E-state index >= 15 is 0 Å². The molecule has 124 valence electrons. The predicted octanol–water partition coefficient (Wildman–Crippen LogP) is 3.27. The zero-order valence-corrected chi connectivity index (χ0v) is 14.6. The molecule has 3 aromatic rings. The highest BCUT2D eigenvalue weighted by atomic mass is 32.1. The standard InChI is InChI=1S/C19H21N3OS/c1-14-13-24-19-20-16(11-18(23)22(14)19)12-21-9-5-8-17(21)10-15-6-3-2-4-7-15/h2-4,6-7,11,13,17H,5,8-10,12H2,1H3. The number of hydrogen-bond donors (Lipinski definition) is 0. The summed E-state index contributed by atoms with van der Waals surface area (Å²) in [5.74, 6) is 0. The smallest absolute Gasteiger partial charge is 0.259 e. The van der Waals surface area contributed by atoms with Crippen LogP contribution in [0.5, 0.6) is 0 Å². The third-order valence-corrected chi connectivity index (χ3v) is 5.75. The van der Waals surface area contributed by atoms with Crippen molar-refractivity contribution in [2.24, 2.45) is 0 Å². The summed E-state index contributed by atoms with van der Waals surface area (Å²) in [7, 11) is 0. The molecule has 5 heteroatoms. The molecule has 0 saturated carbocycles. The van der Waals surface area contributed by atoms with Crippen molar-refractivity contribution in [3.8, 4) is 0 Å². The van der Waals surface area contributed by atoms with Gasteiger partial charge in [0.1, 0.15) is 0 Å². The minimum atomic E-state index is 0.0348. The van der Waals surface area contributed by atoms with E-state index in [9.17, 15) is 4.79 Å². The third-order valence-electron chi connectivity index (χ3n) is 4.81. The van der Waals surface area contributed by atoms with Gasteiger partial charge in [0.05, 0.1) is 5.69 Å². The number of aryl methyl sites for hydroxylation is 1. The third kappa shape index (κ3) is 3.01. The normalized spacial score (nSPS) is 18.5. The van der Waals surface area contributed by atoms with Gasteiger partial charge in [0.2, 0.25) is 0 Å². The Bertz CT molecular complexity index is 900. The van der Waals surface area contributed by atoms with Crippen molar-refractivity contribution < 1.29 is 0 Å². The van der Waals surface area contributed by atoms with Crippen LogP contribution in [0.3, 0.4) is 0 Å². The van der Waals surface area contributed by atoms with Gasteiger partial charge in [-0.1, -0.05) is 30.3 Å². The molecule has 0 spiro atoms. The van der Waals surface area contributed by atoms with Crippen molar-refractivity contribution in [1.82, 2.24) is 14.3 Å². The Balaban J connectivity index is 1.54. The molecule has 0 radical (unpaired) electrons. The fourth-order valence-corrected chi connectivity index (χ4v) is 4.50. The van der Waals surface area contributed by atoms with Crippen molar-refractivity contribution in [2.75, 3.05) is 6.54 Å². The van der Waals surface area contributed by atoms with E-state index in [1.54, 1.807) is 10.5 Å². The van der Waals surface area contributed by atoms with Gasteiger partial charge in [0.15, 0.2) is 4.96 Å². The quantitative estimate of drug-likeness (QED) is 0.732. The molecule has 3 heterocycles. The highest BCUT2D eigenvalue weighted by molar-refractivity contribution is 7.15. The lowest BCUT2D eigenvalue weighted by atomic mass is 10.0. The number of thiazole rings is 1. The van der Waals surface area contributed by atoms with Gasteiger partial charge in [-0.05, 0) is 38.3 Å². The molecule has 0 aliphatic carbocycles. The van der Waals surface area contributed by atoms with Crippen LogP contribution in [0, 0.1) is 6.92 Å². The van der Waals surface area contributed by atoms with E-state index in [1.807, 2.05) is 12.3 Å². The van der Waals surface area contributed by atoms with Crippen LogP contribution in [0.25, 0.3) is 4.96 Å². The van der Waals surface area contributed by atoms with Crippen molar-refractivity contribution in [3.63, 3.8) is 0 Å². The molecule has 1 atom stereocenters. The average molecular weight is 339 g/mol. The first kappa shape index (κ1) is 15.5. The number of rotatable bonds is 4. The van der Waals surface area contributed by atoms with Crippen molar-refractivity contribution in [3.05, 3.63) is 69.1 Å². The van der Waals surface area contributed by atoms with Crippen LogP contribution in [0.1, 0.15) is 29.8 Å². The van der Waals surface area contributed by atoms with Crippen LogP contribution in [0.2, 0.25) is 0 Å². The molecular weight excluding hydrogens is 318 g/mol. The van der Waals surface area contributed by atoms with E-state index in [0.29, 0.717) is 6.04 Å². The molecule has 4 nitrogen and oxygen atoms in total. The van der Waals surface area contributed by atoms with Crippen molar-refractivity contribution in [1.29, 1.82) is 0 Å². The maximum absolute atomic E-state index is 12.3. The largest absolute Gasteiger partial charge is 0.294 e. The molecule has 1 unspecified atom stereocenters. The van der Waals surface area contributed by atoms with Crippen LogP contribution in [-0.2, 0) is 13.0 Å². The number of nitrogens with zero attached hydrogens (tertiary/aromatic N) is 3. The second-order valence-electron chi connectivity index (χ2n) is 6.54. The molecule has 1 aromatic carbocycles. The molecule has 0 amide bonds. The lowest BCUT2D eigenvalue weighted by molar-refractivity contribution is 0.241. The summed E-state index contributed by atoms with van der Waals surface area (Å²) in [6.07, 6.45) is 3.51. The molecular formula is C19H21N3OS. The summed E-state index contributed by atoms with van der Waals surface area (Å²) in [6, 6.07) is 12.9. The van der Waals surface area contributed by atoms with Crippen LogP contribution < -0.4 is 5.56 Å². The summed E-state index contributed by atoms with van der Waals surface area (Å²) in [5, 5.41) is 1.99. The predicted molar refractivity (Wildman–Crippen MR) is 97.7 cm³/mol. The minimum absolute atomic E-state index is 0.0348. The van der Waals surface area contributed by atoms with Gasteiger partial charge in [-0.25, -0.2) is 4.98 Å². The number of likely N-dealkylation sites (tertiary alicyclic amines) is 1. The Hall–Kier alpha value is -1.98. The van der Waals surface area contributed by atoms with E-state index < -0.39 is 0 Å². The fourth-order valence-electron chi connectivity index (χ4n) is 3.61. The summed E-state index contributed by atoms with van der Waals surface area (Å²) >= 11 is 1.54. The van der Waals surface area contributed by atoms with E-state index in [1.165, 1.54) is 29.7 Å². The highest BCUT2D eigenvalue weighted by Crippen LogP contribution is 2.23. The van der Waals surface area contributed by atoms with Gasteiger partial charge in [-0.3, -0.25) is 14.1 Å². The Morgan fingerprint density at radius 1 is 1.29 bits per heavy atom. The number of hydrogen-bond acceptors (Lipinski definition) is 4. The molecule has 1 aliphatic heterocycles. The van der Waals surface area contributed by atoms with Gasteiger partial charge in [0, 0.05) is 29.7 Å². The van der Waals surface area contributed by atoms with E-state index in [-0.39, 0.29) is 5.56 Å². The second kappa shape index (κ2) is 6.49. The van der Waals surface area contributed by atoms with E-state index in [4.69, 9.17) is 4.98 Å². The zero-order chi connectivity index (χ0) is 16.5. The first-order valence-corrected chi connectivity index (χ1v) is 9.33. The summed E-state index contributed by atoms with van der Waals surface area (Å²) < 4.78 is 1.69. The SMILES string of the molecule is Cc1csc2nc(CN3CCCC3Cc3ccccc3)cc(=O)n12. The minimum Gasteiger partial charge on any atom is -0.294 e. The van der Waals surface area contributed by atoms with E-state index in [2.05, 4.69) is 35.2 Å². The highest BCUT2D eigenvalue weighted by Gasteiger charge is 2.25. The summed E-state index contributed by atoms with van der Waals surface area (Å²) in [6.45, 7) is 3.80. The molecule has 1 aliphatic rings. The maximum atomic E-state index is 12.3. The molecule has 24 heavy (non-hydrogen) atoms. The lowest BCUT2D eigenvalue weighted by Crippen LogP contribution is -2.31. The summed E-state index contributed by atoms with van der Waals surface area (Å²) in [4.78, 5) is 20.3. The van der Waals surface area contributed by atoms with Gasteiger partial charge in [-0.2, -0.15) is 0 Å². The molecule has 1 saturated heterocycles. The second-order valence-corrected chi connectivity index (χ2v) is 7.37. The molecule has 4 rings (SSSR count). The number of benzene rings is 1. The first-order chi connectivity index (χ1) is 11.7. The van der Waals surface area contributed by atoms with Gasteiger partial charge in [-0.15, -0.1) is 11.3 Å². The Morgan fingerprint density at radius 3 is 2.96 bits per heavy atom. The molecule has 1 fully saturated rings. The fraction of sp³-hybridized carbons (Fsp3) is 0.368. The number of fused-ring (bicyclic) bond motifs is 1. The molecule has 0 N–H and O–H groups in total. The Morgan fingerprint density at radius 2 is 2.12 bits per heavy atom. The monoisotopic (exact) mass is 339 g/mol.